The topological polar surface area (TPSA) is 51.8 Å². The molecule has 0 bridgehead atoms. The van der Waals surface area contributed by atoms with Gasteiger partial charge in [0.05, 0.1) is 0 Å². The van der Waals surface area contributed by atoms with Crippen LogP contribution < -0.4 is 5.73 Å². The van der Waals surface area contributed by atoms with Gasteiger partial charge in [0.15, 0.2) is 4.34 Å². The molecule has 2 N–H and O–H groups in total. The minimum absolute atomic E-state index is 0.0358. The summed E-state index contributed by atoms with van der Waals surface area (Å²) in [6.07, 6.45) is 1.83. The number of rotatable bonds is 3. The van der Waals surface area contributed by atoms with Crippen LogP contribution in [0.4, 0.5) is 0 Å². The van der Waals surface area contributed by atoms with Crippen molar-refractivity contribution in [2.24, 2.45) is 5.73 Å². The molecule has 2 heterocycles. The highest BCUT2D eigenvalue weighted by Crippen LogP contribution is 2.28. The Bertz CT molecular complexity index is 462. The zero-order chi connectivity index (χ0) is 11.5. The number of hydrogen-bond acceptors (Lipinski definition) is 5. The van der Waals surface area contributed by atoms with Crippen LogP contribution in [-0.4, -0.2) is 9.97 Å². The maximum absolute atomic E-state index is 5.76. The van der Waals surface area contributed by atoms with E-state index in [-0.39, 0.29) is 6.04 Å². The number of nitrogens with zero attached hydrogens (tertiary/aromatic N) is 2. The average molecular weight is 251 g/mol. The van der Waals surface area contributed by atoms with Crippen molar-refractivity contribution < 1.29 is 0 Å². The van der Waals surface area contributed by atoms with E-state index in [4.69, 9.17) is 5.73 Å². The number of thiazole rings is 1. The van der Waals surface area contributed by atoms with E-state index in [1.807, 2.05) is 37.6 Å². The summed E-state index contributed by atoms with van der Waals surface area (Å²) in [5.74, 6) is 0. The fraction of sp³-hybridized carbons (Fsp3) is 0.273. The van der Waals surface area contributed by atoms with Gasteiger partial charge in [-0.2, -0.15) is 0 Å². The Balaban J connectivity index is 2.11. The lowest BCUT2D eigenvalue weighted by molar-refractivity contribution is 0.806. The Morgan fingerprint density at radius 3 is 2.75 bits per heavy atom. The molecule has 3 nitrogen and oxygen atoms in total. The molecule has 2 rings (SSSR count). The predicted octanol–water partition coefficient (Wildman–Crippen LogP) is 3.02. The summed E-state index contributed by atoms with van der Waals surface area (Å²) in [5.41, 5.74) is 7.87. The van der Waals surface area contributed by atoms with Gasteiger partial charge in [0, 0.05) is 23.3 Å². The maximum atomic E-state index is 5.76. The van der Waals surface area contributed by atoms with Crippen LogP contribution >= 0.6 is 23.1 Å². The molecule has 5 heteroatoms. The standard InChI is InChI=1S/C11H13N3S2/c1-7-6-15-11(14-7)16-10-4-3-9(5-13-10)8(2)12/h3-6,8H,12H2,1-2H3/t8-/m1/s1. The third-order valence-electron chi connectivity index (χ3n) is 2.07. The maximum Gasteiger partial charge on any atom is 0.156 e. The van der Waals surface area contributed by atoms with Gasteiger partial charge < -0.3 is 5.73 Å². The van der Waals surface area contributed by atoms with E-state index in [0.29, 0.717) is 0 Å². The van der Waals surface area contributed by atoms with E-state index in [2.05, 4.69) is 9.97 Å². The second-order valence-electron chi connectivity index (χ2n) is 3.58. The fourth-order valence-corrected chi connectivity index (χ4v) is 2.91. The summed E-state index contributed by atoms with van der Waals surface area (Å²) in [4.78, 5) is 8.73. The largest absolute Gasteiger partial charge is 0.324 e. The third kappa shape index (κ3) is 2.81. The fourth-order valence-electron chi connectivity index (χ4n) is 1.19. The molecule has 0 aliphatic heterocycles. The SMILES string of the molecule is Cc1csc(Sc2ccc([C@@H](C)N)cn2)n1. The molecule has 0 aliphatic rings. The van der Waals surface area contributed by atoms with Crippen LogP contribution in [0.15, 0.2) is 33.1 Å². The average Bonchev–Trinajstić information content (AvgIpc) is 2.65. The van der Waals surface area contributed by atoms with Gasteiger partial charge in [-0.05, 0) is 37.2 Å². The molecule has 84 valence electrons. The summed E-state index contributed by atoms with van der Waals surface area (Å²) in [6.45, 7) is 3.95. The van der Waals surface area contributed by atoms with Crippen LogP contribution in [0.3, 0.4) is 0 Å². The van der Waals surface area contributed by atoms with Crippen LogP contribution in [0.25, 0.3) is 0 Å². The quantitative estimate of drug-likeness (QED) is 0.911. The second kappa shape index (κ2) is 4.95. The van der Waals surface area contributed by atoms with E-state index in [9.17, 15) is 0 Å². The number of hydrogen-bond donors (Lipinski definition) is 1. The predicted molar refractivity (Wildman–Crippen MR) is 67.8 cm³/mol. The van der Waals surface area contributed by atoms with Crippen LogP contribution in [-0.2, 0) is 0 Å². The van der Waals surface area contributed by atoms with Crippen LogP contribution in [0.5, 0.6) is 0 Å². The molecular weight excluding hydrogens is 238 g/mol. The minimum Gasteiger partial charge on any atom is -0.324 e. The smallest absolute Gasteiger partial charge is 0.156 e. The molecule has 2 aromatic rings. The lowest BCUT2D eigenvalue weighted by Gasteiger charge is -2.04. The zero-order valence-corrected chi connectivity index (χ0v) is 10.8. The first kappa shape index (κ1) is 11.6. The molecule has 0 fully saturated rings. The van der Waals surface area contributed by atoms with Gasteiger partial charge in [-0.15, -0.1) is 11.3 Å². The molecule has 0 aliphatic carbocycles. The van der Waals surface area contributed by atoms with E-state index in [1.54, 1.807) is 23.1 Å². The molecule has 0 amide bonds. The summed E-state index contributed by atoms with van der Waals surface area (Å²) in [6, 6.07) is 4.04. The Kier molecular flexibility index (Phi) is 3.58. The van der Waals surface area contributed by atoms with Gasteiger partial charge in [0.1, 0.15) is 5.03 Å². The number of aryl methyl sites for hydroxylation is 1. The highest BCUT2D eigenvalue weighted by molar-refractivity contribution is 8.00. The number of aromatic nitrogens is 2. The van der Waals surface area contributed by atoms with Crippen molar-refractivity contribution in [1.82, 2.24) is 9.97 Å². The first-order valence-electron chi connectivity index (χ1n) is 4.96. The van der Waals surface area contributed by atoms with Gasteiger partial charge in [0.2, 0.25) is 0 Å². The molecule has 1 atom stereocenters. The number of nitrogens with two attached hydrogens (primary N) is 1. The lowest BCUT2D eigenvalue weighted by Crippen LogP contribution is -2.04. The Hall–Kier alpha value is -0.910. The van der Waals surface area contributed by atoms with Crippen LogP contribution in [0.2, 0.25) is 0 Å². The summed E-state index contributed by atoms with van der Waals surface area (Å²) >= 11 is 3.23. The van der Waals surface area contributed by atoms with Crippen molar-refractivity contribution in [2.45, 2.75) is 29.3 Å². The first-order valence-corrected chi connectivity index (χ1v) is 6.66. The minimum atomic E-state index is 0.0358. The molecule has 0 saturated heterocycles. The highest BCUT2D eigenvalue weighted by Gasteiger charge is 2.04. The first-order chi connectivity index (χ1) is 7.65. The summed E-state index contributed by atoms with van der Waals surface area (Å²) in [5, 5.41) is 3.00. The van der Waals surface area contributed by atoms with Crippen molar-refractivity contribution >= 4 is 23.1 Å². The molecule has 2 aromatic heterocycles. The second-order valence-corrected chi connectivity index (χ2v) is 5.70. The third-order valence-corrected chi connectivity index (χ3v) is 4.08. The van der Waals surface area contributed by atoms with E-state index >= 15 is 0 Å². The van der Waals surface area contributed by atoms with Gasteiger partial charge in [-0.25, -0.2) is 9.97 Å². The van der Waals surface area contributed by atoms with Crippen molar-refractivity contribution in [2.75, 3.05) is 0 Å². The van der Waals surface area contributed by atoms with Crippen molar-refractivity contribution in [3.05, 3.63) is 35.0 Å². The van der Waals surface area contributed by atoms with Gasteiger partial charge in [0.25, 0.3) is 0 Å². The van der Waals surface area contributed by atoms with Gasteiger partial charge >= 0.3 is 0 Å². The molecule has 0 saturated carbocycles. The van der Waals surface area contributed by atoms with Crippen molar-refractivity contribution in [3.8, 4) is 0 Å². The molecule has 0 radical (unpaired) electrons. The highest BCUT2D eigenvalue weighted by atomic mass is 32.2. The Morgan fingerprint density at radius 1 is 1.44 bits per heavy atom. The summed E-state index contributed by atoms with van der Waals surface area (Å²) in [7, 11) is 0. The molecule has 16 heavy (non-hydrogen) atoms. The van der Waals surface area contributed by atoms with Crippen LogP contribution in [0, 0.1) is 6.92 Å². The lowest BCUT2D eigenvalue weighted by atomic mass is 10.2. The van der Waals surface area contributed by atoms with Gasteiger partial charge in [-0.3, -0.25) is 0 Å². The molecule has 0 aromatic carbocycles. The van der Waals surface area contributed by atoms with E-state index in [1.165, 1.54) is 0 Å². The Morgan fingerprint density at radius 2 is 2.25 bits per heavy atom. The van der Waals surface area contributed by atoms with Gasteiger partial charge in [-0.1, -0.05) is 6.07 Å². The van der Waals surface area contributed by atoms with E-state index in [0.717, 1.165) is 20.6 Å². The van der Waals surface area contributed by atoms with Crippen LogP contribution in [0.1, 0.15) is 24.2 Å². The molecule has 0 spiro atoms. The molecular formula is C11H13N3S2. The monoisotopic (exact) mass is 251 g/mol. The zero-order valence-electron chi connectivity index (χ0n) is 9.18. The van der Waals surface area contributed by atoms with Crippen molar-refractivity contribution in [3.63, 3.8) is 0 Å². The van der Waals surface area contributed by atoms with E-state index < -0.39 is 0 Å². The molecule has 0 unspecified atom stereocenters. The number of pyridine rings is 1. The summed E-state index contributed by atoms with van der Waals surface area (Å²) < 4.78 is 1.03. The van der Waals surface area contributed by atoms with Crippen molar-refractivity contribution in [1.29, 1.82) is 0 Å². The Labute approximate surface area is 103 Å². The normalized spacial score (nSPS) is 12.7.